The molecular formula is C17H27N5O10S. The molecule has 0 aliphatic heterocycles. The molecule has 4 amide bonds. The highest BCUT2D eigenvalue weighted by Gasteiger charge is 2.31. The van der Waals surface area contributed by atoms with Crippen LogP contribution in [0.2, 0.25) is 0 Å². The van der Waals surface area contributed by atoms with E-state index in [-0.39, 0.29) is 18.6 Å². The van der Waals surface area contributed by atoms with Crippen LogP contribution in [-0.2, 0) is 33.6 Å². The number of hydrogen-bond donors (Lipinski definition) is 9. The summed E-state index contributed by atoms with van der Waals surface area (Å²) in [7, 11) is 0. The van der Waals surface area contributed by atoms with Gasteiger partial charge in [0.2, 0.25) is 23.6 Å². The molecule has 0 aromatic heterocycles. The zero-order chi connectivity index (χ0) is 25.7. The van der Waals surface area contributed by atoms with Gasteiger partial charge >= 0.3 is 17.9 Å². The molecule has 0 aromatic carbocycles. The van der Waals surface area contributed by atoms with E-state index in [0.29, 0.717) is 0 Å². The predicted molar refractivity (Wildman–Crippen MR) is 113 cm³/mol. The zero-order valence-electron chi connectivity index (χ0n) is 17.4. The molecule has 0 aromatic rings. The van der Waals surface area contributed by atoms with Crippen molar-refractivity contribution in [1.82, 2.24) is 16.0 Å². The van der Waals surface area contributed by atoms with Gasteiger partial charge in [0.15, 0.2) is 0 Å². The molecule has 15 nitrogen and oxygen atoms in total. The summed E-state index contributed by atoms with van der Waals surface area (Å²) in [4.78, 5) is 81.2. The van der Waals surface area contributed by atoms with Crippen molar-refractivity contribution < 1.29 is 48.9 Å². The fourth-order valence-corrected chi connectivity index (χ4v) is 2.54. The number of primary amides is 1. The van der Waals surface area contributed by atoms with Crippen molar-refractivity contribution in [3.63, 3.8) is 0 Å². The van der Waals surface area contributed by atoms with Crippen molar-refractivity contribution in [2.24, 2.45) is 11.5 Å². The molecule has 4 atom stereocenters. The number of aliphatic carboxylic acids is 3. The lowest BCUT2D eigenvalue weighted by atomic mass is 10.1. The lowest BCUT2D eigenvalue weighted by Crippen LogP contribution is -2.57. The van der Waals surface area contributed by atoms with Crippen LogP contribution in [0.1, 0.15) is 32.1 Å². The Morgan fingerprint density at radius 1 is 0.727 bits per heavy atom. The highest BCUT2D eigenvalue weighted by molar-refractivity contribution is 7.80. The molecule has 0 bridgehead atoms. The smallest absolute Gasteiger partial charge is 0.326 e. The number of carbonyl (C=O) groups is 7. The maximum absolute atomic E-state index is 12.7. The minimum Gasteiger partial charge on any atom is -0.481 e. The summed E-state index contributed by atoms with van der Waals surface area (Å²) >= 11 is 3.86. The quantitative estimate of drug-likeness (QED) is 0.0947. The SMILES string of the molecule is NC(=O)CCC(NC(=O)C(N)CS)C(=O)NC(CCC(=O)O)C(=O)NC(CC(=O)O)C(=O)O. The third kappa shape index (κ3) is 12.3. The molecule has 0 aliphatic carbocycles. The van der Waals surface area contributed by atoms with Gasteiger partial charge in [0.25, 0.3) is 0 Å². The van der Waals surface area contributed by atoms with Crippen LogP contribution in [0.3, 0.4) is 0 Å². The third-order valence-corrected chi connectivity index (χ3v) is 4.51. The van der Waals surface area contributed by atoms with Gasteiger partial charge in [-0.15, -0.1) is 0 Å². The van der Waals surface area contributed by atoms with E-state index in [1.165, 1.54) is 0 Å². The number of nitrogens with two attached hydrogens (primary N) is 2. The van der Waals surface area contributed by atoms with E-state index in [0.717, 1.165) is 0 Å². The normalized spacial score (nSPS) is 14.1. The average molecular weight is 493 g/mol. The fraction of sp³-hybridized carbons (Fsp3) is 0.588. The molecular weight excluding hydrogens is 466 g/mol. The number of nitrogens with one attached hydrogen (secondary N) is 3. The number of amides is 4. The van der Waals surface area contributed by atoms with Gasteiger partial charge in [0, 0.05) is 18.6 Å². The van der Waals surface area contributed by atoms with Crippen LogP contribution in [0.5, 0.6) is 0 Å². The van der Waals surface area contributed by atoms with E-state index in [1.807, 2.05) is 5.32 Å². The summed E-state index contributed by atoms with van der Waals surface area (Å²) in [5, 5.41) is 33.1. The van der Waals surface area contributed by atoms with Crippen LogP contribution in [0, 0.1) is 0 Å². The molecule has 10 N–H and O–H groups in total. The first-order valence-electron chi connectivity index (χ1n) is 9.50. The van der Waals surface area contributed by atoms with Gasteiger partial charge in [-0.1, -0.05) is 0 Å². The molecule has 0 heterocycles. The summed E-state index contributed by atoms with van der Waals surface area (Å²) in [6.45, 7) is 0. The molecule has 0 radical (unpaired) electrons. The maximum Gasteiger partial charge on any atom is 0.326 e. The van der Waals surface area contributed by atoms with Gasteiger partial charge in [-0.3, -0.25) is 28.8 Å². The number of hydrogen-bond acceptors (Lipinski definition) is 9. The number of thiol groups is 1. The Hall–Kier alpha value is -3.40. The summed E-state index contributed by atoms with van der Waals surface area (Å²) in [6.07, 6.45) is -2.69. The first-order chi connectivity index (χ1) is 15.3. The Balaban J connectivity index is 5.60. The summed E-state index contributed by atoms with van der Waals surface area (Å²) < 4.78 is 0. The average Bonchev–Trinajstić information content (AvgIpc) is 2.71. The lowest BCUT2D eigenvalue weighted by Gasteiger charge is -2.24. The minimum atomic E-state index is -1.85. The molecule has 0 aliphatic rings. The fourth-order valence-electron chi connectivity index (χ4n) is 2.37. The van der Waals surface area contributed by atoms with Crippen molar-refractivity contribution in [1.29, 1.82) is 0 Å². The maximum atomic E-state index is 12.7. The molecule has 0 saturated heterocycles. The van der Waals surface area contributed by atoms with E-state index in [1.54, 1.807) is 0 Å². The van der Waals surface area contributed by atoms with Gasteiger partial charge in [-0.05, 0) is 12.8 Å². The van der Waals surface area contributed by atoms with Gasteiger partial charge in [0.1, 0.15) is 18.1 Å². The van der Waals surface area contributed by atoms with Crippen LogP contribution in [0.15, 0.2) is 0 Å². The second kappa shape index (κ2) is 14.6. The number of carbonyl (C=O) groups excluding carboxylic acids is 4. The van der Waals surface area contributed by atoms with Crippen molar-refractivity contribution in [3.05, 3.63) is 0 Å². The lowest BCUT2D eigenvalue weighted by molar-refractivity contribution is -0.147. The first kappa shape index (κ1) is 29.6. The topological polar surface area (TPSA) is 268 Å². The Bertz CT molecular complexity index is 777. The Morgan fingerprint density at radius 2 is 1.18 bits per heavy atom. The third-order valence-electron chi connectivity index (χ3n) is 4.12. The molecule has 16 heteroatoms. The van der Waals surface area contributed by atoms with Gasteiger partial charge in [-0.2, -0.15) is 12.6 Å². The molecule has 0 fully saturated rings. The van der Waals surface area contributed by atoms with Crippen molar-refractivity contribution in [2.45, 2.75) is 56.3 Å². The number of carboxylic acids is 3. The molecule has 0 saturated carbocycles. The molecule has 0 spiro atoms. The van der Waals surface area contributed by atoms with E-state index in [9.17, 15) is 33.6 Å². The summed E-state index contributed by atoms with van der Waals surface area (Å²) in [5.74, 6) is -8.35. The van der Waals surface area contributed by atoms with Gasteiger partial charge in [0.05, 0.1) is 12.5 Å². The van der Waals surface area contributed by atoms with Crippen molar-refractivity contribution in [3.8, 4) is 0 Å². The minimum absolute atomic E-state index is 0.0697. The second-order valence-electron chi connectivity index (χ2n) is 6.85. The van der Waals surface area contributed by atoms with Gasteiger partial charge in [-0.25, -0.2) is 4.79 Å². The summed E-state index contributed by atoms with van der Waals surface area (Å²) in [6, 6.07) is -5.95. The Morgan fingerprint density at radius 3 is 1.58 bits per heavy atom. The van der Waals surface area contributed by atoms with E-state index < -0.39 is 85.0 Å². The molecule has 0 rings (SSSR count). The zero-order valence-corrected chi connectivity index (χ0v) is 18.2. The highest BCUT2D eigenvalue weighted by atomic mass is 32.1. The van der Waals surface area contributed by atoms with Crippen molar-refractivity contribution >= 4 is 54.2 Å². The van der Waals surface area contributed by atoms with E-state index >= 15 is 0 Å². The first-order valence-corrected chi connectivity index (χ1v) is 10.1. The van der Waals surface area contributed by atoms with Crippen LogP contribution in [0.4, 0.5) is 0 Å². The second-order valence-corrected chi connectivity index (χ2v) is 7.21. The standard InChI is InChI=1S/C17H27N5O10S/c18-7(6-33)14(28)20-8(1-3-11(19)23)15(29)21-9(2-4-12(24)25)16(30)22-10(17(31)32)5-13(26)27/h7-10,33H,1-6,18H2,(H2,19,23)(H,20,28)(H,21,29)(H,22,30)(H,24,25)(H,26,27)(H,31,32). The van der Waals surface area contributed by atoms with Gasteiger partial charge < -0.3 is 42.7 Å². The Kier molecular flexibility index (Phi) is 13.1. The van der Waals surface area contributed by atoms with Crippen LogP contribution in [-0.4, -0.2) is 86.8 Å². The monoisotopic (exact) mass is 493 g/mol. The Labute approximate surface area is 193 Å². The predicted octanol–water partition coefficient (Wildman–Crippen LogP) is -3.61. The van der Waals surface area contributed by atoms with Crippen LogP contribution < -0.4 is 27.4 Å². The molecule has 186 valence electrons. The van der Waals surface area contributed by atoms with Crippen LogP contribution in [0.25, 0.3) is 0 Å². The molecule has 33 heavy (non-hydrogen) atoms. The number of rotatable bonds is 16. The highest BCUT2D eigenvalue weighted by Crippen LogP contribution is 2.05. The largest absolute Gasteiger partial charge is 0.481 e. The van der Waals surface area contributed by atoms with Crippen molar-refractivity contribution in [2.75, 3.05) is 5.75 Å². The molecule has 4 unspecified atom stereocenters. The van der Waals surface area contributed by atoms with E-state index in [4.69, 9.17) is 26.8 Å². The number of carboxylic acid groups (broad SMARTS) is 3. The van der Waals surface area contributed by atoms with E-state index in [2.05, 4.69) is 23.3 Å². The summed E-state index contributed by atoms with van der Waals surface area (Å²) in [5.41, 5.74) is 10.6. The van der Waals surface area contributed by atoms with Crippen LogP contribution >= 0.6 is 12.6 Å².